The Morgan fingerprint density at radius 1 is 0.923 bits per heavy atom. The van der Waals surface area contributed by atoms with Crippen molar-refractivity contribution in [2.24, 2.45) is 0 Å². The highest BCUT2D eigenvalue weighted by molar-refractivity contribution is 7.90. The van der Waals surface area contributed by atoms with Crippen molar-refractivity contribution in [3.8, 4) is 0 Å². The smallest absolute Gasteiger partial charge is 0.303 e. The number of hydrogen-bond acceptors (Lipinski definition) is 3. The number of carbonyl (C=O) groups excluding carboxylic acids is 1. The van der Waals surface area contributed by atoms with Crippen LogP contribution in [-0.2, 0) is 10.2 Å². The van der Waals surface area contributed by atoms with Gasteiger partial charge in [-0.25, -0.2) is 0 Å². The topological polar surface area (TPSA) is 69.7 Å². The van der Waals surface area contributed by atoms with Crippen LogP contribution in [0.3, 0.4) is 0 Å². The fraction of sp³-hybridized carbons (Fsp3) is 0.316. The predicted octanol–water partition coefficient (Wildman–Crippen LogP) is 3.30. The number of rotatable bonds is 6. The van der Waals surface area contributed by atoms with E-state index in [2.05, 4.69) is 19.2 Å². The maximum atomic E-state index is 12.4. The summed E-state index contributed by atoms with van der Waals surface area (Å²) in [6, 6.07) is 14.2. The van der Waals surface area contributed by atoms with Crippen molar-refractivity contribution in [1.29, 1.82) is 0 Å². The second-order valence-corrected chi connectivity index (χ2v) is 8.71. The Hall–Kier alpha value is -2.38. The van der Waals surface area contributed by atoms with Crippen LogP contribution in [0.2, 0.25) is 0 Å². The Kier molecular flexibility index (Phi) is 6.05. The molecule has 0 aliphatic rings. The van der Waals surface area contributed by atoms with Gasteiger partial charge in [0.15, 0.2) is 0 Å². The van der Waals surface area contributed by atoms with Crippen LogP contribution in [0.5, 0.6) is 0 Å². The number of anilines is 2. The maximum Gasteiger partial charge on any atom is 0.303 e. The molecular weight excluding hydrogens is 350 g/mol. The fourth-order valence-electron chi connectivity index (χ4n) is 2.36. The second-order valence-electron chi connectivity index (χ2n) is 6.54. The van der Waals surface area contributed by atoms with Crippen molar-refractivity contribution < 1.29 is 13.2 Å². The number of nitrogens with zero attached hydrogens (tertiary/aromatic N) is 2. The van der Waals surface area contributed by atoms with Gasteiger partial charge in [-0.1, -0.05) is 26.0 Å². The summed E-state index contributed by atoms with van der Waals surface area (Å²) in [6.45, 7) is 4.23. The van der Waals surface area contributed by atoms with Crippen LogP contribution >= 0.6 is 0 Å². The number of hydrogen-bond donors (Lipinski definition) is 1. The van der Waals surface area contributed by atoms with E-state index in [1.165, 1.54) is 31.0 Å². The molecule has 0 heterocycles. The molecule has 7 heteroatoms. The Morgan fingerprint density at radius 3 is 1.92 bits per heavy atom. The first-order valence-electron chi connectivity index (χ1n) is 8.30. The van der Waals surface area contributed by atoms with Gasteiger partial charge in [0.2, 0.25) is 0 Å². The Labute approximate surface area is 155 Å². The normalized spacial score (nSPS) is 11.7. The quantitative estimate of drug-likeness (QED) is 0.842. The van der Waals surface area contributed by atoms with E-state index in [9.17, 15) is 13.2 Å². The molecule has 6 nitrogen and oxygen atoms in total. The number of nitrogens with one attached hydrogen (secondary N) is 1. The van der Waals surface area contributed by atoms with E-state index in [1.807, 2.05) is 24.3 Å². The van der Waals surface area contributed by atoms with Gasteiger partial charge < -0.3 is 5.32 Å². The average molecular weight is 375 g/mol. The van der Waals surface area contributed by atoms with Crippen LogP contribution in [0.1, 0.15) is 35.7 Å². The van der Waals surface area contributed by atoms with Gasteiger partial charge in [0, 0.05) is 32.4 Å². The van der Waals surface area contributed by atoms with E-state index >= 15 is 0 Å². The largest absolute Gasteiger partial charge is 0.322 e. The van der Waals surface area contributed by atoms with Gasteiger partial charge in [-0.2, -0.15) is 12.7 Å². The highest BCUT2D eigenvalue weighted by atomic mass is 32.2. The van der Waals surface area contributed by atoms with Crippen LogP contribution < -0.4 is 9.62 Å². The molecule has 0 fully saturated rings. The van der Waals surface area contributed by atoms with Crippen molar-refractivity contribution >= 4 is 27.5 Å². The number of benzene rings is 2. The Morgan fingerprint density at radius 2 is 1.46 bits per heavy atom. The zero-order valence-corrected chi connectivity index (χ0v) is 16.5. The molecule has 2 aromatic rings. The summed E-state index contributed by atoms with van der Waals surface area (Å²) in [5, 5.41) is 2.84. The molecule has 2 aromatic carbocycles. The van der Waals surface area contributed by atoms with Crippen molar-refractivity contribution in [3.05, 3.63) is 59.7 Å². The summed E-state index contributed by atoms with van der Waals surface area (Å²) >= 11 is 0. The molecule has 0 bridgehead atoms. The molecule has 0 aliphatic carbocycles. The minimum atomic E-state index is -3.56. The summed E-state index contributed by atoms with van der Waals surface area (Å²) in [6.07, 6.45) is 0. The van der Waals surface area contributed by atoms with Crippen LogP contribution in [-0.4, -0.2) is 39.8 Å². The summed E-state index contributed by atoms with van der Waals surface area (Å²) in [4.78, 5) is 12.4. The third-order valence-electron chi connectivity index (χ3n) is 4.14. The molecule has 0 radical (unpaired) electrons. The second kappa shape index (κ2) is 7.88. The van der Waals surface area contributed by atoms with Gasteiger partial charge in [-0.15, -0.1) is 0 Å². The van der Waals surface area contributed by atoms with Gasteiger partial charge in [0.25, 0.3) is 5.91 Å². The zero-order chi connectivity index (χ0) is 19.5. The minimum absolute atomic E-state index is 0.244. The predicted molar refractivity (Wildman–Crippen MR) is 106 cm³/mol. The van der Waals surface area contributed by atoms with E-state index in [4.69, 9.17) is 0 Å². The summed E-state index contributed by atoms with van der Waals surface area (Å²) in [7, 11) is 0.857. The molecular formula is C19H25N3O3S. The molecule has 0 atom stereocenters. The van der Waals surface area contributed by atoms with E-state index in [0.717, 1.165) is 9.99 Å². The Balaban J connectivity index is 2.11. The van der Waals surface area contributed by atoms with Crippen LogP contribution in [0, 0.1) is 0 Å². The van der Waals surface area contributed by atoms with Crippen molar-refractivity contribution in [3.63, 3.8) is 0 Å². The molecule has 1 N–H and O–H groups in total. The molecule has 0 aliphatic heterocycles. The lowest BCUT2D eigenvalue weighted by Gasteiger charge is -2.23. The van der Waals surface area contributed by atoms with Gasteiger partial charge in [0.05, 0.1) is 5.69 Å². The van der Waals surface area contributed by atoms with E-state index in [1.54, 1.807) is 24.3 Å². The van der Waals surface area contributed by atoms with Crippen LogP contribution in [0.25, 0.3) is 0 Å². The van der Waals surface area contributed by atoms with E-state index in [0.29, 0.717) is 17.2 Å². The first-order valence-corrected chi connectivity index (χ1v) is 9.70. The zero-order valence-electron chi connectivity index (χ0n) is 15.7. The molecule has 0 spiro atoms. The van der Waals surface area contributed by atoms with Crippen molar-refractivity contribution in [1.82, 2.24) is 4.31 Å². The van der Waals surface area contributed by atoms with Crippen LogP contribution in [0.4, 0.5) is 11.4 Å². The molecule has 1 amide bonds. The minimum Gasteiger partial charge on any atom is -0.322 e. The molecule has 0 unspecified atom stereocenters. The maximum absolute atomic E-state index is 12.4. The molecule has 2 rings (SSSR count). The van der Waals surface area contributed by atoms with Gasteiger partial charge >= 0.3 is 10.2 Å². The molecule has 26 heavy (non-hydrogen) atoms. The monoisotopic (exact) mass is 375 g/mol. The Bertz CT molecular complexity index is 858. The average Bonchev–Trinajstić information content (AvgIpc) is 2.61. The first-order chi connectivity index (χ1) is 12.1. The molecule has 0 saturated carbocycles. The van der Waals surface area contributed by atoms with Crippen LogP contribution in [0.15, 0.2) is 48.5 Å². The lowest BCUT2D eigenvalue weighted by molar-refractivity contribution is 0.102. The number of carbonyl (C=O) groups is 1. The summed E-state index contributed by atoms with van der Waals surface area (Å²) in [5.41, 5.74) is 2.86. The fourth-order valence-corrected chi connectivity index (χ4v) is 3.23. The molecule has 0 aromatic heterocycles. The summed E-state index contributed by atoms with van der Waals surface area (Å²) < 4.78 is 26.6. The highest BCUT2D eigenvalue weighted by Gasteiger charge is 2.21. The highest BCUT2D eigenvalue weighted by Crippen LogP contribution is 2.20. The van der Waals surface area contributed by atoms with Gasteiger partial charge in [0.1, 0.15) is 0 Å². The van der Waals surface area contributed by atoms with Crippen molar-refractivity contribution in [2.45, 2.75) is 19.8 Å². The lowest BCUT2D eigenvalue weighted by atomic mass is 10.0. The van der Waals surface area contributed by atoms with E-state index < -0.39 is 10.2 Å². The van der Waals surface area contributed by atoms with Gasteiger partial charge in [-0.05, 0) is 47.9 Å². The molecule has 140 valence electrons. The third kappa shape index (κ3) is 4.42. The molecule has 0 saturated heterocycles. The van der Waals surface area contributed by atoms with Gasteiger partial charge in [-0.3, -0.25) is 9.10 Å². The summed E-state index contributed by atoms with van der Waals surface area (Å²) in [5.74, 6) is 0.190. The number of amides is 1. The standard InChI is InChI=1S/C19H25N3O3S/c1-14(2)15-6-10-17(11-7-15)20-19(23)16-8-12-18(13-9-16)22(5)26(24,25)21(3)4/h6-14H,1-5H3,(H,20,23). The third-order valence-corrected chi connectivity index (χ3v) is 5.96. The van der Waals surface area contributed by atoms with E-state index in [-0.39, 0.29) is 5.91 Å². The SMILES string of the molecule is CC(C)c1ccc(NC(=O)c2ccc(N(C)S(=O)(=O)N(C)C)cc2)cc1. The first kappa shape index (κ1) is 19.9. The van der Waals surface area contributed by atoms with Crippen molar-refractivity contribution in [2.75, 3.05) is 30.8 Å². The lowest BCUT2D eigenvalue weighted by Crippen LogP contribution is -2.37.